The van der Waals surface area contributed by atoms with Gasteiger partial charge in [0.15, 0.2) is 0 Å². The fourth-order valence-electron chi connectivity index (χ4n) is 6.53. The van der Waals surface area contributed by atoms with Crippen LogP contribution in [0.4, 0.5) is 0 Å². The molecule has 2 N–H and O–H groups in total. The van der Waals surface area contributed by atoms with Crippen LogP contribution < -0.4 is 10.0 Å². The largest absolute Gasteiger partial charge is 0.378 e. The summed E-state index contributed by atoms with van der Waals surface area (Å²) in [6.07, 6.45) is 3.73. The topological polar surface area (TPSA) is 73.9 Å². The number of fused-ring (bicyclic) bond motifs is 1. The van der Waals surface area contributed by atoms with Crippen molar-refractivity contribution in [3.05, 3.63) is 0 Å². The molecule has 0 aromatic rings. The Morgan fingerprint density at radius 1 is 1.14 bits per heavy atom. The third-order valence-corrected chi connectivity index (χ3v) is 12.6. The minimum absolute atomic E-state index is 0.179. The summed E-state index contributed by atoms with van der Waals surface area (Å²) in [6.45, 7) is 16.6. The van der Waals surface area contributed by atoms with Crippen molar-refractivity contribution in [3.8, 4) is 0 Å². The summed E-state index contributed by atoms with van der Waals surface area (Å²) >= 11 is 4.11. The van der Waals surface area contributed by atoms with Crippen molar-refractivity contribution >= 4 is 33.5 Å². The van der Waals surface area contributed by atoms with Crippen molar-refractivity contribution in [2.75, 3.05) is 45.1 Å². The van der Waals surface area contributed by atoms with Gasteiger partial charge in [-0.05, 0) is 63.5 Å². The highest BCUT2D eigenvalue weighted by Crippen LogP contribution is 2.37. The Balaban J connectivity index is 1.23. The van der Waals surface area contributed by atoms with E-state index in [0.29, 0.717) is 54.1 Å². The number of sulfonamides is 1. The molecular weight excluding hydrogens is 501 g/mol. The van der Waals surface area contributed by atoms with Gasteiger partial charge in [0.2, 0.25) is 10.0 Å². The molecule has 0 spiro atoms. The van der Waals surface area contributed by atoms with Crippen molar-refractivity contribution in [2.24, 2.45) is 17.8 Å². The average molecular weight is 549 g/mol. The second-order valence-electron chi connectivity index (χ2n) is 11.4. The summed E-state index contributed by atoms with van der Waals surface area (Å²) in [7, 11) is -3.29. The first-order valence-corrected chi connectivity index (χ1v) is 17.3. The second kappa shape index (κ2) is 12.5. The molecule has 4 aliphatic rings. The van der Waals surface area contributed by atoms with Gasteiger partial charge in [-0.25, -0.2) is 13.1 Å². The molecular formula is C25H48N4O3S3. The van der Waals surface area contributed by atoms with Gasteiger partial charge in [-0.2, -0.15) is 0 Å². The van der Waals surface area contributed by atoms with Crippen LogP contribution in [-0.4, -0.2) is 96.8 Å². The summed E-state index contributed by atoms with van der Waals surface area (Å²) in [6, 6.07) is 0.563. The minimum Gasteiger partial charge on any atom is -0.378 e. The molecule has 1 saturated carbocycles. The van der Waals surface area contributed by atoms with Crippen molar-refractivity contribution in [1.82, 2.24) is 19.8 Å². The van der Waals surface area contributed by atoms with Crippen LogP contribution in [0.15, 0.2) is 0 Å². The lowest BCUT2D eigenvalue weighted by molar-refractivity contribution is -0.0308. The molecule has 0 aromatic heterocycles. The third kappa shape index (κ3) is 7.11. The molecule has 3 aliphatic heterocycles. The number of nitrogens with zero attached hydrogens (tertiary/aromatic N) is 2. The van der Waals surface area contributed by atoms with Crippen LogP contribution in [-0.2, 0) is 14.8 Å². The van der Waals surface area contributed by atoms with E-state index in [4.69, 9.17) is 4.74 Å². The quantitative estimate of drug-likeness (QED) is 0.431. The highest BCUT2D eigenvalue weighted by Gasteiger charge is 2.45. The molecule has 0 amide bonds. The van der Waals surface area contributed by atoms with Crippen LogP contribution in [0.5, 0.6) is 0 Å². The molecule has 3 heterocycles. The molecule has 3 saturated heterocycles. The van der Waals surface area contributed by atoms with E-state index < -0.39 is 10.0 Å². The van der Waals surface area contributed by atoms with E-state index in [0.717, 1.165) is 32.5 Å². The van der Waals surface area contributed by atoms with Crippen molar-refractivity contribution in [3.63, 3.8) is 0 Å². The first-order chi connectivity index (χ1) is 16.7. The lowest BCUT2D eigenvalue weighted by atomic mass is 9.80. The van der Waals surface area contributed by atoms with Gasteiger partial charge in [-0.1, -0.05) is 27.7 Å². The number of likely N-dealkylation sites (tertiary alicyclic amines) is 1. The summed E-state index contributed by atoms with van der Waals surface area (Å²) < 4.78 is 35.2. The summed E-state index contributed by atoms with van der Waals surface area (Å²) in [5.74, 6) is 2.22. The molecule has 4 fully saturated rings. The predicted molar refractivity (Wildman–Crippen MR) is 149 cm³/mol. The predicted octanol–water partition coefficient (Wildman–Crippen LogP) is 3.23. The number of piperidine rings is 1. The van der Waals surface area contributed by atoms with E-state index in [1.165, 1.54) is 12.3 Å². The molecule has 0 aromatic carbocycles. The standard InChI is InChI=1S/C25H48N4O3S3/c1-6-32-23-18(4)13-21(14-19(23)5)35(30,31)26-15-20-7-9-28(10-8-20)16-22-24(34-17(2)3)27-25-29(22)11-12-33-25/h17-27H,6-16H2,1-5H3. The van der Waals surface area contributed by atoms with Gasteiger partial charge >= 0.3 is 0 Å². The van der Waals surface area contributed by atoms with E-state index in [1.807, 2.05) is 18.7 Å². The highest BCUT2D eigenvalue weighted by atomic mass is 32.2. The van der Waals surface area contributed by atoms with Crippen molar-refractivity contribution < 1.29 is 13.2 Å². The number of rotatable bonds is 10. The zero-order valence-electron chi connectivity index (χ0n) is 22.3. The zero-order valence-corrected chi connectivity index (χ0v) is 24.8. The van der Waals surface area contributed by atoms with Crippen LogP contribution in [0.1, 0.15) is 60.3 Å². The summed E-state index contributed by atoms with van der Waals surface area (Å²) in [5.41, 5.74) is 0.484. The molecule has 5 unspecified atom stereocenters. The lowest BCUT2D eigenvalue weighted by Crippen LogP contribution is -2.49. The molecule has 35 heavy (non-hydrogen) atoms. The van der Waals surface area contributed by atoms with E-state index >= 15 is 0 Å². The van der Waals surface area contributed by atoms with Gasteiger partial charge in [-0.3, -0.25) is 10.2 Å². The maximum absolute atomic E-state index is 13.1. The molecule has 0 bridgehead atoms. The normalized spacial score (nSPS) is 37.8. The highest BCUT2D eigenvalue weighted by molar-refractivity contribution is 8.01. The van der Waals surface area contributed by atoms with Crippen molar-refractivity contribution in [2.45, 2.75) is 93.8 Å². The van der Waals surface area contributed by atoms with Gasteiger partial charge in [-0.15, -0.1) is 23.5 Å². The Labute approximate surface area is 222 Å². The van der Waals surface area contributed by atoms with Gasteiger partial charge in [0.05, 0.1) is 16.7 Å². The van der Waals surface area contributed by atoms with E-state index in [2.05, 4.69) is 59.3 Å². The maximum atomic E-state index is 13.1. The Bertz CT molecular complexity index is 766. The summed E-state index contributed by atoms with van der Waals surface area (Å²) in [4.78, 5) is 5.29. The molecule has 5 atom stereocenters. The first-order valence-electron chi connectivity index (χ1n) is 13.8. The van der Waals surface area contributed by atoms with Crippen LogP contribution in [0.2, 0.25) is 0 Å². The monoisotopic (exact) mass is 548 g/mol. The molecule has 1 aliphatic carbocycles. The van der Waals surface area contributed by atoms with Gasteiger partial charge in [0, 0.05) is 43.3 Å². The van der Waals surface area contributed by atoms with Crippen LogP contribution in [0.3, 0.4) is 0 Å². The van der Waals surface area contributed by atoms with E-state index in [9.17, 15) is 8.42 Å². The number of hydrogen-bond donors (Lipinski definition) is 2. The molecule has 204 valence electrons. The SMILES string of the molecule is CCOC1C(C)CC(S(=O)(=O)NCC2CCN(CC3C(SC(C)C)NC4SCCN43)CC2)CC1C. The van der Waals surface area contributed by atoms with Crippen LogP contribution in [0.25, 0.3) is 0 Å². The Kier molecular flexibility index (Phi) is 10.2. The molecule has 10 heteroatoms. The fourth-order valence-corrected chi connectivity index (χ4v) is 10.9. The number of ether oxygens (including phenoxy) is 1. The lowest BCUT2D eigenvalue weighted by Gasteiger charge is -2.39. The van der Waals surface area contributed by atoms with E-state index in [-0.39, 0.29) is 23.2 Å². The van der Waals surface area contributed by atoms with Gasteiger partial charge in [0.25, 0.3) is 0 Å². The Morgan fingerprint density at radius 3 is 2.46 bits per heavy atom. The summed E-state index contributed by atoms with van der Waals surface area (Å²) in [5, 5.41) is 4.69. The maximum Gasteiger partial charge on any atom is 0.214 e. The van der Waals surface area contributed by atoms with Crippen molar-refractivity contribution in [1.29, 1.82) is 0 Å². The number of nitrogens with one attached hydrogen (secondary N) is 2. The van der Waals surface area contributed by atoms with Gasteiger partial charge < -0.3 is 9.64 Å². The number of thioether (sulfide) groups is 2. The Morgan fingerprint density at radius 2 is 1.83 bits per heavy atom. The fraction of sp³-hybridized carbons (Fsp3) is 1.00. The zero-order chi connectivity index (χ0) is 25.2. The van der Waals surface area contributed by atoms with Gasteiger partial charge in [0.1, 0.15) is 5.50 Å². The smallest absolute Gasteiger partial charge is 0.214 e. The molecule has 7 nitrogen and oxygen atoms in total. The molecule has 4 rings (SSSR count). The minimum atomic E-state index is -3.29. The number of hydrogen-bond acceptors (Lipinski definition) is 8. The van der Waals surface area contributed by atoms with E-state index in [1.54, 1.807) is 0 Å². The molecule has 0 radical (unpaired) electrons. The van der Waals surface area contributed by atoms with Crippen LogP contribution in [0, 0.1) is 17.8 Å². The second-order valence-corrected chi connectivity index (χ2v) is 16.4. The third-order valence-electron chi connectivity index (χ3n) is 8.34. The van der Waals surface area contributed by atoms with Crippen LogP contribution >= 0.6 is 23.5 Å². The first kappa shape index (κ1) is 28.5. The average Bonchev–Trinajstić information content (AvgIpc) is 3.38. The Hall–Kier alpha value is 0.450.